The Morgan fingerprint density at radius 3 is 2.65 bits per heavy atom. The quantitative estimate of drug-likeness (QED) is 0.637. The first-order valence-corrected chi connectivity index (χ1v) is 7.37. The lowest BCUT2D eigenvalue weighted by Crippen LogP contribution is -2.20. The maximum Gasteiger partial charge on any atom is 0.273 e. The van der Waals surface area contributed by atoms with Crippen molar-refractivity contribution in [1.29, 1.82) is 0 Å². The minimum Gasteiger partial charge on any atom is -0.388 e. The molecule has 2 aliphatic carbocycles. The van der Waals surface area contributed by atoms with Crippen LogP contribution in [0.3, 0.4) is 0 Å². The van der Waals surface area contributed by atoms with Gasteiger partial charge in [0.2, 0.25) is 0 Å². The highest BCUT2D eigenvalue weighted by Gasteiger charge is 2.39. The van der Waals surface area contributed by atoms with Crippen LogP contribution < -0.4 is 10.6 Å². The van der Waals surface area contributed by atoms with Crippen LogP contribution >= 0.6 is 0 Å². The van der Waals surface area contributed by atoms with E-state index in [1.807, 2.05) is 6.07 Å². The molecule has 3 unspecified atom stereocenters. The van der Waals surface area contributed by atoms with E-state index in [4.69, 9.17) is 0 Å². The summed E-state index contributed by atoms with van der Waals surface area (Å²) in [5, 5.41) is 17.3. The zero-order valence-electron chi connectivity index (χ0n) is 11.8. The molecule has 3 rings (SSSR count). The third-order valence-corrected chi connectivity index (χ3v) is 4.87. The molecule has 0 aromatic heterocycles. The average Bonchev–Trinajstić information content (AvgIpc) is 3.07. The smallest absolute Gasteiger partial charge is 0.273 e. The summed E-state index contributed by atoms with van der Waals surface area (Å²) in [6.45, 7) is 0.936. The summed E-state index contributed by atoms with van der Waals surface area (Å²) in [4.78, 5) is 10.6. The standard InChI is InChI=1S/C15H21N3O2/c1-16-13-6-14(8-15(7-13)18(19)20)17-9-12-5-10-2-3-11(12)4-10/h6-8,10-12,16-17H,2-5,9H2,1H3. The van der Waals surface area contributed by atoms with Crippen molar-refractivity contribution in [2.24, 2.45) is 17.8 Å². The predicted octanol–water partition coefficient (Wildman–Crippen LogP) is 3.48. The van der Waals surface area contributed by atoms with Crippen LogP contribution in [0.1, 0.15) is 25.7 Å². The van der Waals surface area contributed by atoms with Gasteiger partial charge in [0, 0.05) is 37.1 Å². The SMILES string of the molecule is CNc1cc(NCC2CC3CCC2C3)cc([N+](=O)[O-])c1. The zero-order valence-corrected chi connectivity index (χ0v) is 11.8. The van der Waals surface area contributed by atoms with Gasteiger partial charge in [-0.3, -0.25) is 10.1 Å². The molecule has 5 nitrogen and oxygen atoms in total. The molecular weight excluding hydrogens is 254 g/mol. The number of nitrogens with one attached hydrogen (secondary N) is 2. The van der Waals surface area contributed by atoms with Gasteiger partial charge in [-0.25, -0.2) is 0 Å². The Bertz CT molecular complexity index is 518. The molecule has 5 heteroatoms. The predicted molar refractivity (Wildman–Crippen MR) is 80.1 cm³/mol. The van der Waals surface area contributed by atoms with Crippen molar-refractivity contribution in [2.75, 3.05) is 24.2 Å². The molecular formula is C15H21N3O2. The van der Waals surface area contributed by atoms with E-state index in [0.29, 0.717) is 0 Å². The monoisotopic (exact) mass is 275 g/mol. The van der Waals surface area contributed by atoms with Crippen LogP contribution in [0, 0.1) is 27.9 Å². The van der Waals surface area contributed by atoms with Gasteiger partial charge in [-0.05, 0) is 43.1 Å². The lowest BCUT2D eigenvalue weighted by molar-refractivity contribution is -0.384. The topological polar surface area (TPSA) is 67.2 Å². The fourth-order valence-corrected chi connectivity index (χ4v) is 3.84. The lowest BCUT2D eigenvalue weighted by atomic mass is 9.89. The van der Waals surface area contributed by atoms with Crippen molar-refractivity contribution < 1.29 is 4.92 Å². The Hall–Kier alpha value is -1.78. The lowest BCUT2D eigenvalue weighted by Gasteiger charge is -2.22. The fraction of sp³-hybridized carbons (Fsp3) is 0.600. The van der Waals surface area contributed by atoms with Crippen LogP contribution in [0.25, 0.3) is 0 Å². The van der Waals surface area contributed by atoms with E-state index < -0.39 is 0 Å². The summed E-state index contributed by atoms with van der Waals surface area (Å²) in [5.41, 5.74) is 1.74. The number of nitro groups is 1. The molecule has 2 fully saturated rings. The van der Waals surface area contributed by atoms with Crippen molar-refractivity contribution in [3.8, 4) is 0 Å². The molecule has 0 aliphatic heterocycles. The normalized spacial score (nSPS) is 27.6. The third kappa shape index (κ3) is 2.57. The van der Waals surface area contributed by atoms with E-state index in [-0.39, 0.29) is 10.6 Å². The molecule has 2 aliphatic rings. The number of fused-ring (bicyclic) bond motifs is 2. The molecule has 0 radical (unpaired) electrons. The zero-order chi connectivity index (χ0) is 14.1. The molecule has 108 valence electrons. The van der Waals surface area contributed by atoms with Gasteiger partial charge in [0.25, 0.3) is 5.69 Å². The highest BCUT2D eigenvalue weighted by Crippen LogP contribution is 2.48. The Balaban J connectivity index is 1.67. The second-order valence-corrected chi connectivity index (χ2v) is 6.09. The van der Waals surface area contributed by atoms with E-state index >= 15 is 0 Å². The average molecular weight is 275 g/mol. The summed E-state index contributed by atoms with van der Waals surface area (Å²) in [5.74, 6) is 2.55. The summed E-state index contributed by atoms with van der Waals surface area (Å²) in [7, 11) is 1.78. The molecule has 1 aromatic rings. The van der Waals surface area contributed by atoms with Crippen LogP contribution in [0.4, 0.5) is 17.1 Å². The number of hydrogen-bond donors (Lipinski definition) is 2. The first-order chi connectivity index (χ1) is 9.65. The Labute approximate surface area is 118 Å². The molecule has 2 saturated carbocycles. The van der Waals surface area contributed by atoms with Crippen LogP contribution in [0.5, 0.6) is 0 Å². The van der Waals surface area contributed by atoms with Crippen LogP contribution in [-0.2, 0) is 0 Å². The number of rotatable bonds is 5. The summed E-state index contributed by atoms with van der Waals surface area (Å²) < 4.78 is 0. The molecule has 0 heterocycles. The summed E-state index contributed by atoms with van der Waals surface area (Å²) >= 11 is 0. The summed E-state index contributed by atoms with van der Waals surface area (Å²) in [6.07, 6.45) is 5.49. The van der Waals surface area contributed by atoms with Gasteiger partial charge in [0.1, 0.15) is 0 Å². The first kappa shape index (κ1) is 13.2. The number of nitro benzene ring substituents is 1. The highest BCUT2D eigenvalue weighted by atomic mass is 16.6. The Kier molecular flexibility index (Phi) is 3.51. The van der Waals surface area contributed by atoms with Crippen LogP contribution in [0.15, 0.2) is 18.2 Å². The summed E-state index contributed by atoms with van der Waals surface area (Å²) in [6, 6.07) is 5.11. The minimum absolute atomic E-state index is 0.132. The molecule has 2 N–H and O–H groups in total. The van der Waals surface area contributed by atoms with Crippen LogP contribution in [-0.4, -0.2) is 18.5 Å². The second kappa shape index (κ2) is 5.31. The van der Waals surface area contributed by atoms with Gasteiger partial charge in [-0.1, -0.05) is 6.42 Å². The highest BCUT2D eigenvalue weighted by molar-refractivity contribution is 5.63. The number of benzene rings is 1. The largest absolute Gasteiger partial charge is 0.388 e. The van der Waals surface area contributed by atoms with Gasteiger partial charge < -0.3 is 10.6 Å². The molecule has 3 atom stereocenters. The van der Waals surface area contributed by atoms with Crippen molar-refractivity contribution in [2.45, 2.75) is 25.7 Å². The van der Waals surface area contributed by atoms with Gasteiger partial charge in [0.05, 0.1) is 4.92 Å². The van der Waals surface area contributed by atoms with Gasteiger partial charge >= 0.3 is 0 Å². The number of hydrogen-bond acceptors (Lipinski definition) is 4. The number of nitrogens with zero attached hydrogens (tertiary/aromatic N) is 1. The van der Waals surface area contributed by atoms with Gasteiger partial charge in [-0.15, -0.1) is 0 Å². The third-order valence-electron chi connectivity index (χ3n) is 4.87. The second-order valence-electron chi connectivity index (χ2n) is 6.09. The fourth-order valence-electron chi connectivity index (χ4n) is 3.84. The Morgan fingerprint density at radius 2 is 2.05 bits per heavy atom. The molecule has 20 heavy (non-hydrogen) atoms. The molecule has 0 saturated heterocycles. The van der Waals surface area contributed by atoms with Crippen molar-refractivity contribution in [1.82, 2.24) is 0 Å². The Morgan fingerprint density at radius 1 is 1.25 bits per heavy atom. The van der Waals surface area contributed by atoms with Crippen molar-refractivity contribution in [3.63, 3.8) is 0 Å². The molecule has 1 aromatic carbocycles. The minimum atomic E-state index is -0.344. The van der Waals surface area contributed by atoms with E-state index in [1.165, 1.54) is 25.7 Å². The van der Waals surface area contributed by atoms with E-state index in [2.05, 4.69) is 10.6 Å². The van der Waals surface area contributed by atoms with Gasteiger partial charge in [0.15, 0.2) is 0 Å². The van der Waals surface area contributed by atoms with Crippen LogP contribution in [0.2, 0.25) is 0 Å². The van der Waals surface area contributed by atoms with E-state index in [9.17, 15) is 10.1 Å². The van der Waals surface area contributed by atoms with Crippen molar-refractivity contribution in [3.05, 3.63) is 28.3 Å². The first-order valence-electron chi connectivity index (χ1n) is 7.37. The number of non-ortho nitro benzene ring substituents is 1. The molecule has 2 bridgehead atoms. The maximum atomic E-state index is 10.9. The van der Waals surface area contributed by atoms with E-state index in [1.54, 1.807) is 19.2 Å². The molecule has 0 amide bonds. The van der Waals surface area contributed by atoms with E-state index in [0.717, 1.165) is 35.7 Å². The molecule has 0 spiro atoms. The van der Waals surface area contributed by atoms with Gasteiger partial charge in [-0.2, -0.15) is 0 Å². The number of anilines is 2. The maximum absolute atomic E-state index is 10.9. The van der Waals surface area contributed by atoms with Crippen molar-refractivity contribution >= 4 is 17.1 Å².